The van der Waals surface area contributed by atoms with E-state index < -0.39 is 5.82 Å². The van der Waals surface area contributed by atoms with Crippen LogP contribution < -0.4 is 0 Å². The van der Waals surface area contributed by atoms with Gasteiger partial charge in [-0.2, -0.15) is 10.5 Å². The normalized spacial score (nSPS) is 10.2. The zero-order chi connectivity index (χ0) is 20.2. The first-order valence-corrected chi connectivity index (χ1v) is 8.70. The molecule has 0 spiro atoms. The first-order chi connectivity index (χ1) is 14.2. The fraction of sp³-hybridized carbons (Fsp3) is 0. The highest BCUT2D eigenvalue weighted by molar-refractivity contribution is 5.68. The standard InChI is InChI=1S/C23H12FN5/c24-20-18(13-25)11-17(12-19(20)14-26)23-28-21(15-7-3-1-4-8-15)27-22(29-23)16-9-5-2-6-10-16/h1-12H. The van der Waals surface area contributed by atoms with E-state index in [-0.39, 0.29) is 17.0 Å². The van der Waals surface area contributed by atoms with Crippen molar-refractivity contribution >= 4 is 0 Å². The topological polar surface area (TPSA) is 86.2 Å². The first-order valence-electron chi connectivity index (χ1n) is 8.70. The molecular formula is C23H12FN5. The highest BCUT2D eigenvalue weighted by Gasteiger charge is 2.16. The second-order valence-corrected chi connectivity index (χ2v) is 6.15. The van der Waals surface area contributed by atoms with Gasteiger partial charge in [0.1, 0.15) is 12.1 Å². The molecule has 136 valence electrons. The molecule has 4 rings (SSSR count). The van der Waals surface area contributed by atoms with Crippen LogP contribution >= 0.6 is 0 Å². The van der Waals surface area contributed by atoms with Crippen molar-refractivity contribution in [1.82, 2.24) is 15.0 Å². The molecule has 0 fully saturated rings. The first kappa shape index (κ1) is 18.0. The van der Waals surface area contributed by atoms with E-state index in [4.69, 9.17) is 0 Å². The Labute approximate surface area is 166 Å². The Bertz CT molecular complexity index is 1180. The largest absolute Gasteiger partial charge is 0.208 e. The van der Waals surface area contributed by atoms with Gasteiger partial charge in [0.05, 0.1) is 11.1 Å². The van der Waals surface area contributed by atoms with Crippen molar-refractivity contribution in [3.63, 3.8) is 0 Å². The van der Waals surface area contributed by atoms with Gasteiger partial charge in [0.2, 0.25) is 0 Å². The maximum Gasteiger partial charge on any atom is 0.164 e. The Balaban J connectivity index is 1.97. The molecule has 1 heterocycles. The number of rotatable bonds is 3. The molecule has 6 heteroatoms. The van der Waals surface area contributed by atoms with Crippen molar-refractivity contribution in [2.75, 3.05) is 0 Å². The molecule has 0 saturated heterocycles. The van der Waals surface area contributed by atoms with Crippen molar-refractivity contribution in [1.29, 1.82) is 10.5 Å². The third kappa shape index (κ3) is 3.55. The zero-order valence-corrected chi connectivity index (χ0v) is 15.0. The van der Waals surface area contributed by atoms with Gasteiger partial charge in [-0.3, -0.25) is 0 Å². The molecule has 0 aliphatic carbocycles. The van der Waals surface area contributed by atoms with Crippen molar-refractivity contribution in [3.8, 4) is 46.3 Å². The summed E-state index contributed by atoms with van der Waals surface area (Å²) in [5.74, 6) is 0.289. The van der Waals surface area contributed by atoms with Crippen molar-refractivity contribution < 1.29 is 4.39 Å². The summed E-state index contributed by atoms with van der Waals surface area (Å²) in [4.78, 5) is 13.6. The van der Waals surface area contributed by atoms with Crippen molar-refractivity contribution in [3.05, 3.63) is 89.7 Å². The van der Waals surface area contributed by atoms with Crippen LogP contribution in [-0.2, 0) is 0 Å². The van der Waals surface area contributed by atoms with Crippen LogP contribution in [0.15, 0.2) is 72.8 Å². The van der Waals surface area contributed by atoms with Crippen LogP contribution in [0, 0.1) is 28.5 Å². The second-order valence-electron chi connectivity index (χ2n) is 6.15. The van der Waals surface area contributed by atoms with Crippen LogP contribution in [-0.4, -0.2) is 15.0 Å². The van der Waals surface area contributed by atoms with Crippen LogP contribution in [0.25, 0.3) is 34.2 Å². The van der Waals surface area contributed by atoms with E-state index in [0.717, 1.165) is 11.1 Å². The van der Waals surface area contributed by atoms with Gasteiger partial charge in [-0.25, -0.2) is 19.3 Å². The highest BCUT2D eigenvalue weighted by Crippen LogP contribution is 2.26. The summed E-state index contributed by atoms with van der Waals surface area (Å²) >= 11 is 0. The van der Waals surface area contributed by atoms with Gasteiger partial charge in [0.25, 0.3) is 0 Å². The van der Waals surface area contributed by atoms with Gasteiger partial charge in [-0.1, -0.05) is 60.7 Å². The minimum atomic E-state index is -0.848. The molecule has 3 aromatic carbocycles. The number of hydrogen-bond donors (Lipinski definition) is 0. The van der Waals surface area contributed by atoms with E-state index in [0.29, 0.717) is 17.2 Å². The van der Waals surface area contributed by atoms with Gasteiger partial charge in [0.15, 0.2) is 23.3 Å². The molecule has 0 bridgehead atoms. The molecule has 5 nitrogen and oxygen atoms in total. The zero-order valence-electron chi connectivity index (χ0n) is 15.0. The van der Waals surface area contributed by atoms with Crippen molar-refractivity contribution in [2.45, 2.75) is 0 Å². The molecule has 0 radical (unpaired) electrons. The lowest BCUT2D eigenvalue weighted by Crippen LogP contribution is -2.01. The average Bonchev–Trinajstić information content (AvgIpc) is 2.80. The number of benzene rings is 3. The minimum Gasteiger partial charge on any atom is -0.208 e. The van der Waals surface area contributed by atoms with Gasteiger partial charge < -0.3 is 0 Å². The molecule has 0 saturated carbocycles. The number of nitriles is 2. The molecule has 0 atom stereocenters. The molecule has 29 heavy (non-hydrogen) atoms. The van der Waals surface area contributed by atoms with E-state index >= 15 is 0 Å². The third-order valence-electron chi connectivity index (χ3n) is 4.27. The van der Waals surface area contributed by atoms with Gasteiger partial charge in [0, 0.05) is 16.7 Å². The summed E-state index contributed by atoms with van der Waals surface area (Å²) in [6, 6.07) is 25.0. The number of aromatic nitrogens is 3. The Hall–Kier alpha value is -4.42. The van der Waals surface area contributed by atoms with Crippen LogP contribution in [0.1, 0.15) is 11.1 Å². The van der Waals surface area contributed by atoms with E-state index in [1.807, 2.05) is 60.7 Å². The summed E-state index contributed by atoms with van der Waals surface area (Å²) in [5, 5.41) is 18.4. The molecule has 0 aliphatic heterocycles. The predicted molar refractivity (Wildman–Crippen MR) is 106 cm³/mol. The molecular weight excluding hydrogens is 365 g/mol. The maximum absolute atomic E-state index is 14.2. The van der Waals surface area contributed by atoms with E-state index in [9.17, 15) is 14.9 Å². The van der Waals surface area contributed by atoms with Crippen LogP contribution in [0.4, 0.5) is 4.39 Å². The third-order valence-corrected chi connectivity index (χ3v) is 4.27. The Morgan fingerprint density at radius 2 is 0.966 bits per heavy atom. The van der Waals surface area contributed by atoms with Crippen LogP contribution in [0.2, 0.25) is 0 Å². The predicted octanol–water partition coefficient (Wildman–Crippen LogP) is 4.76. The fourth-order valence-corrected chi connectivity index (χ4v) is 2.85. The fourth-order valence-electron chi connectivity index (χ4n) is 2.85. The highest BCUT2D eigenvalue weighted by atomic mass is 19.1. The lowest BCUT2D eigenvalue weighted by molar-refractivity contribution is 0.620. The van der Waals surface area contributed by atoms with Gasteiger partial charge in [-0.05, 0) is 12.1 Å². The molecule has 0 aliphatic rings. The monoisotopic (exact) mass is 377 g/mol. The van der Waals surface area contributed by atoms with Crippen molar-refractivity contribution in [2.24, 2.45) is 0 Å². The van der Waals surface area contributed by atoms with E-state index in [2.05, 4.69) is 15.0 Å². The molecule has 1 aromatic heterocycles. The Morgan fingerprint density at radius 3 is 1.34 bits per heavy atom. The number of hydrogen-bond acceptors (Lipinski definition) is 5. The second kappa shape index (κ2) is 7.67. The van der Waals surface area contributed by atoms with Crippen LogP contribution in [0.3, 0.4) is 0 Å². The summed E-state index contributed by atoms with van der Waals surface area (Å²) in [6.45, 7) is 0. The van der Waals surface area contributed by atoms with Crippen LogP contribution in [0.5, 0.6) is 0 Å². The summed E-state index contributed by atoms with van der Waals surface area (Å²) in [7, 11) is 0. The molecule has 4 aromatic rings. The van der Waals surface area contributed by atoms with Gasteiger partial charge in [-0.15, -0.1) is 0 Å². The molecule has 0 unspecified atom stereocenters. The Kier molecular flexibility index (Phi) is 4.75. The Morgan fingerprint density at radius 1 is 0.586 bits per heavy atom. The lowest BCUT2D eigenvalue weighted by atomic mass is 10.0. The summed E-state index contributed by atoms with van der Waals surface area (Å²) in [5.41, 5.74) is 1.48. The number of nitrogens with zero attached hydrogens (tertiary/aromatic N) is 5. The summed E-state index contributed by atoms with van der Waals surface area (Å²) < 4.78 is 14.2. The quantitative estimate of drug-likeness (QED) is 0.514. The van der Waals surface area contributed by atoms with Gasteiger partial charge >= 0.3 is 0 Å². The average molecular weight is 377 g/mol. The molecule has 0 amide bonds. The SMILES string of the molecule is N#Cc1cc(-c2nc(-c3ccccc3)nc(-c3ccccc3)n2)cc(C#N)c1F. The molecule has 0 N–H and O–H groups in total. The number of halogens is 1. The minimum absolute atomic E-state index is 0.234. The summed E-state index contributed by atoms with van der Waals surface area (Å²) in [6.07, 6.45) is 0. The van der Waals surface area contributed by atoms with E-state index in [1.165, 1.54) is 12.1 Å². The smallest absolute Gasteiger partial charge is 0.164 e. The van der Waals surface area contributed by atoms with E-state index in [1.54, 1.807) is 12.1 Å². The maximum atomic E-state index is 14.2. The lowest BCUT2D eigenvalue weighted by Gasteiger charge is -2.09.